The first kappa shape index (κ1) is 20.8. The molecule has 2 rings (SSSR count). The van der Waals surface area contributed by atoms with Crippen LogP contribution in [-0.4, -0.2) is 44.6 Å². The first-order valence-electron chi connectivity index (χ1n) is 9.34. The number of hydrogen-bond acceptors (Lipinski definition) is 4. The SMILES string of the molecule is CC1=C[C@H](O[Si](C)(C)C(C)(C)C)/C(=C/CO)[C@H]([C@H]2COC(C)(C)O2)C1. The van der Waals surface area contributed by atoms with Crippen LogP contribution in [0.2, 0.25) is 18.1 Å². The molecular weight excluding hydrogens is 332 g/mol. The summed E-state index contributed by atoms with van der Waals surface area (Å²) < 4.78 is 18.6. The summed E-state index contributed by atoms with van der Waals surface area (Å²) in [5.41, 5.74) is 2.46. The number of aliphatic hydroxyl groups is 1. The van der Waals surface area contributed by atoms with E-state index < -0.39 is 14.1 Å². The normalized spacial score (nSPS) is 32.1. The first-order chi connectivity index (χ1) is 11.4. The zero-order valence-electron chi connectivity index (χ0n) is 17.2. The second-order valence-corrected chi connectivity index (χ2v) is 14.1. The first-order valence-corrected chi connectivity index (χ1v) is 12.2. The lowest BCUT2D eigenvalue weighted by Gasteiger charge is -2.42. The van der Waals surface area contributed by atoms with Crippen LogP contribution in [0.25, 0.3) is 0 Å². The molecule has 1 N–H and O–H groups in total. The molecule has 0 aromatic carbocycles. The lowest BCUT2D eigenvalue weighted by Crippen LogP contribution is -2.46. The molecule has 1 fully saturated rings. The van der Waals surface area contributed by atoms with Crippen LogP contribution in [0.1, 0.15) is 48.0 Å². The summed E-state index contributed by atoms with van der Waals surface area (Å²) in [5, 5.41) is 9.75. The van der Waals surface area contributed by atoms with Crippen LogP contribution < -0.4 is 0 Å². The molecule has 4 nitrogen and oxygen atoms in total. The summed E-state index contributed by atoms with van der Waals surface area (Å²) in [6, 6.07) is 0. The van der Waals surface area contributed by atoms with Gasteiger partial charge in [-0.25, -0.2) is 0 Å². The summed E-state index contributed by atoms with van der Waals surface area (Å²) in [6.07, 6.45) is 4.98. The Balaban J connectivity index is 2.30. The zero-order valence-corrected chi connectivity index (χ0v) is 18.2. The van der Waals surface area contributed by atoms with Crippen molar-refractivity contribution < 1.29 is 19.0 Å². The van der Waals surface area contributed by atoms with Crippen LogP contribution in [0, 0.1) is 5.92 Å². The summed E-state index contributed by atoms with van der Waals surface area (Å²) >= 11 is 0. The maximum Gasteiger partial charge on any atom is 0.193 e. The summed E-state index contributed by atoms with van der Waals surface area (Å²) in [7, 11) is -1.93. The van der Waals surface area contributed by atoms with E-state index in [-0.39, 0.29) is 29.8 Å². The molecule has 0 amide bonds. The van der Waals surface area contributed by atoms with Gasteiger partial charge in [0.05, 0.1) is 25.4 Å². The van der Waals surface area contributed by atoms with Gasteiger partial charge in [0.1, 0.15) is 0 Å². The Bertz CT molecular complexity index is 542. The quantitative estimate of drug-likeness (QED) is 0.590. The Morgan fingerprint density at radius 3 is 2.48 bits per heavy atom. The minimum atomic E-state index is -1.93. The highest BCUT2D eigenvalue weighted by atomic mass is 28.4. The van der Waals surface area contributed by atoms with Gasteiger partial charge in [-0.05, 0) is 50.9 Å². The summed E-state index contributed by atoms with van der Waals surface area (Å²) in [5.74, 6) is -0.353. The summed E-state index contributed by atoms with van der Waals surface area (Å²) in [6.45, 7) is 18.0. The van der Waals surface area contributed by atoms with E-state index in [4.69, 9.17) is 13.9 Å². The molecule has 2 aliphatic rings. The van der Waals surface area contributed by atoms with Crippen LogP contribution in [0.3, 0.4) is 0 Å². The number of hydrogen-bond donors (Lipinski definition) is 1. The fraction of sp³-hybridized carbons (Fsp3) is 0.800. The predicted octanol–water partition coefficient (Wildman–Crippen LogP) is 4.41. The highest BCUT2D eigenvalue weighted by Gasteiger charge is 2.44. The molecule has 144 valence electrons. The van der Waals surface area contributed by atoms with Crippen molar-refractivity contribution in [2.45, 2.75) is 84.1 Å². The Kier molecular flexibility index (Phi) is 6.07. The average Bonchev–Trinajstić information content (AvgIpc) is 2.80. The number of rotatable bonds is 4. The molecular formula is C20H36O4Si. The Morgan fingerprint density at radius 2 is 2.00 bits per heavy atom. The van der Waals surface area contributed by atoms with Crippen molar-refractivity contribution in [1.82, 2.24) is 0 Å². The van der Waals surface area contributed by atoms with Gasteiger partial charge in [-0.1, -0.05) is 38.5 Å². The van der Waals surface area contributed by atoms with Gasteiger partial charge in [0.15, 0.2) is 14.1 Å². The topological polar surface area (TPSA) is 47.9 Å². The molecule has 0 unspecified atom stereocenters. The van der Waals surface area contributed by atoms with E-state index in [1.807, 2.05) is 19.9 Å². The minimum absolute atomic E-state index is 0.00182. The van der Waals surface area contributed by atoms with E-state index in [9.17, 15) is 5.11 Å². The van der Waals surface area contributed by atoms with E-state index in [1.165, 1.54) is 5.57 Å². The van der Waals surface area contributed by atoms with Gasteiger partial charge < -0.3 is 19.0 Å². The third-order valence-corrected chi connectivity index (χ3v) is 10.2. The van der Waals surface area contributed by atoms with Gasteiger partial charge in [-0.2, -0.15) is 0 Å². The molecule has 0 saturated carbocycles. The minimum Gasteiger partial charge on any atom is -0.407 e. The molecule has 5 heteroatoms. The van der Waals surface area contributed by atoms with Crippen molar-refractivity contribution in [3.05, 3.63) is 23.3 Å². The van der Waals surface area contributed by atoms with E-state index in [1.54, 1.807) is 0 Å². The van der Waals surface area contributed by atoms with Gasteiger partial charge in [0.25, 0.3) is 0 Å². The van der Waals surface area contributed by atoms with Crippen molar-refractivity contribution in [2.75, 3.05) is 13.2 Å². The van der Waals surface area contributed by atoms with Gasteiger partial charge in [-0.3, -0.25) is 0 Å². The largest absolute Gasteiger partial charge is 0.407 e. The Labute approximate surface area is 154 Å². The molecule has 0 spiro atoms. The van der Waals surface area contributed by atoms with E-state index >= 15 is 0 Å². The fourth-order valence-corrected chi connectivity index (χ4v) is 4.52. The molecule has 1 aliphatic heterocycles. The number of aliphatic hydroxyl groups excluding tert-OH is 1. The van der Waals surface area contributed by atoms with Crippen molar-refractivity contribution in [3.63, 3.8) is 0 Å². The molecule has 0 bridgehead atoms. The molecule has 1 aliphatic carbocycles. The molecule has 0 radical (unpaired) electrons. The second-order valence-electron chi connectivity index (χ2n) is 9.38. The Morgan fingerprint density at radius 1 is 1.36 bits per heavy atom. The molecule has 0 aromatic rings. The third-order valence-electron chi connectivity index (χ3n) is 5.77. The van der Waals surface area contributed by atoms with E-state index in [2.05, 4.69) is 46.9 Å². The second kappa shape index (κ2) is 7.28. The highest BCUT2D eigenvalue weighted by molar-refractivity contribution is 6.74. The monoisotopic (exact) mass is 368 g/mol. The van der Waals surface area contributed by atoms with Crippen LogP contribution in [0.4, 0.5) is 0 Å². The van der Waals surface area contributed by atoms with Crippen molar-refractivity contribution in [3.8, 4) is 0 Å². The van der Waals surface area contributed by atoms with Gasteiger partial charge in [0, 0.05) is 5.92 Å². The van der Waals surface area contributed by atoms with Crippen LogP contribution in [0.5, 0.6) is 0 Å². The standard InChI is InChI=1S/C20H36O4Si/c1-14-11-16(18-13-22-20(5,6)23-18)15(9-10-21)17(12-14)24-25(7,8)19(2,3)4/h9,12,16-18,21H,10-11,13H2,1-8H3/b15-9+/t16-,17+,18-/m1/s1. The number of allylic oxidation sites excluding steroid dienone is 1. The lowest BCUT2D eigenvalue weighted by molar-refractivity contribution is -0.143. The maximum atomic E-state index is 9.61. The van der Waals surface area contributed by atoms with Crippen LogP contribution in [-0.2, 0) is 13.9 Å². The average molecular weight is 369 g/mol. The molecule has 1 saturated heterocycles. The number of ether oxygens (including phenoxy) is 2. The molecule has 0 aromatic heterocycles. The van der Waals surface area contributed by atoms with Crippen molar-refractivity contribution in [1.29, 1.82) is 0 Å². The van der Waals surface area contributed by atoms with Crippen molar-refractivity contribution >= 4 is 8.32 Å². The fourth-order valence-electron chi connectivity index (χ4n) is 3.33. The molecule has 1 heterocycles. The van der Waals surface area contributed by atoms with E-state index in [0.29, 0.717) is 6.61 Å². The maximum absolute atomic E-state index is 9.61. The lowest BCUT2D eigenvalue weighted by atomic mass is 9.79. The van der Waals surface area contributed by atoms with Crippen LogP contribution >= 0.6 is 0 Å². The van der Waals surface area contributed by atoms with E-state index in [0.717, 1.165) is 12.0 Å². The van der Waals surface area contributed by atoms with Crippen molar-refractivity contribution in [2.24, 2.45) is 5.92 Å². The smallest absolute Gasteiger partial charge is 0.193 e. The van der Waals surface area contributed by atoms with Crippen LogP contribution in [0.15, 0.2) is 23.3 Å². The summed E-state index contributed by atoms with van der Waals surface area (Å²) in [4.78, 5) is 0. The van der Waals surface area contributed by atoms with Gasteiger partial charge >= 0.3 is 0 Å². The van der Waals surface area contributed by atoms with Gasteiger partial charge in [0.2, 0.25) is 0 Å². The molecule has 3 atom stereocenters. The van der Waals surface area contributed by atoms with Gasteiger partial charge in [-0.15, -0.1) is 0 Å². The Hall–Kier alpha value is -0.463. The molecule has 25 heavy (non-hydrogen) atoms. The third kappa shape index (κ3) is 4.83. The predicted molar refractivity (Wildman–Crippen MR) is 104 cm³/mol. The highest BCUT2D eigenvalue weighted by Crippen LogP contribution is 2.43. The zero-order chi connectivity index (χ0) is 19.0.